The van der Waals surface area contributed by atoms with Crippen LogP contribution in [0.1, 0.15) is 20.7 Å². The van der Waals surface area contributed by atoms with Crippen molar-refractivity contribution in [2.45, 2.75) is 9.79 Å². The van der Waals surface area contributed by atoms with E-state index in [0.717, 1.165) is 48.5 Å². The third-order valence-electron chi connectivity index (χ3n) is 4.57. The van der Waals surface area contributed by atoms with Crippen molar-refractivity contribution in [2.75, 3.05) is 10.6 Å². The summed E-state index contributed by atoms with van der Waals surface area (Å²) in [7, 11) is -9.47. The van der Waals surface area contributed by atoms with Crippen molar-refractivity contribution < 1.29 is 56.0 Å². The maximum Gasteiger partial charge on any atom is 0.298 e. The van der Waals surface area contributed by atoms with Crippen molar-refractivity contribution >= 4 is 43.4 Å². The van der Waals surface area contributed by atoms with Crippen LogP contribution in [0.15, 0.2) is 58.3 Å². The van der Waals surface area contributed by atoms with E-state index in [1.54, 1.807) is 0 Å². The Kier molecular flexibility index (Phi) is 6.81. The molecular weight excluding hydrogens is 524 g/mol. The minimum absolute atomic E-state index is 0.173. The number of rotatable bonds is 6. The topological polar surface area (TPSA) is 248 Å². The predicted molar refractivity (Wildman–Crippen MR) is 122 cm³/mol. The molecule has 0 radical (unpaired) electrons. The van der Waals surface area contributed by atoms with Crippen LogP contribution < -0.4 is 10.6 Å². The highest BCUT2D eigenvalue weighted by Crippen LogP contribution is 2.32. The molecule has 0 aliphatic heterocycles. The number of amides is 2. The number of phenols is 4. The standard InChI is InChI=1S/C20H16N2O12S2/c23-11-7-12(19(27)21-9-1-3-16(14(24)5-9)35(29,30)31)18(26)13(8-11)20(28)22-10-2-4-17(15(25)6-10)36(32,33)34/h1-8,23-26H,(H,21,27)(H,22,28)(H,29,30,31)(H,32,33,34). The zero-order valence-corrected chi connectivity index (χ0v) is 19.2. The fourth-order valence-corrected chi connectivity index (χ4v) is 4.12. The lowest BCUT2D eigenvalue weighted by molar-refractivity contribution is 0.102. The van der Waals surface area contributed by atoms with Crippen LogP contribution in [0.5, 0.6) is 23.0 Å². The fourth-order valence-electron chi connectivity index (χ4n) is 2.99. The number of anilines is 2. The molecule has 0 spiro atoms. The van der Waals surface area contributed by atoms with Gasteiger partial charge in [-0.25, -0.2) is 0 Å². The van der Waals surface area contributed by atoms with Crippen molar-refractivity contribution in [2.24, 2.45) is 0 Å². The Hall–Kier alpha value is -4.38. The Morgan fingerprint density at radius 1 is 0.611 bits per heavy atom. The maximum absolute atomic E-state index is 12.6. The normalized spacial score (nSPS) is 11.6. The van der Waals surface area contributed by atoms with Gasteiger partial charge in [0, 0.05) is 23.5 Å². The Balaban J connectivity index is 1.88. The maximum atomic E-state index is 12.6. The Morgan fingerprint density at radius 2 is 0.972 bits per heavy atom. The molecule has 0 bridgehead atoms. The zero-order chi connectivity index (χ0) is 27.0. The van der Waals surface area contributed by atoms with Crippen molar-refractivity contribution in [3.63, 3.8) is 0 Å². The SMILES string of the molecule is O=C(Nc1ccc(S(=O)(=O)O)c(O)c1)c1cc(O)cc(C(=O)Nc2ccc(S(=O)(=O)O)c(O)c2)c1O. The predicted octanol–water partition coefficient (Wildman–Crippen LogP) is 1.51. The van der Waals surface area contributed by atoms with Gasteiger partial charge in [0.1, 0.15) is 32.8 Å². The highest BCUT2D eigenvalue weighted by atomic mass is 32.2. The van der Waals surface area contributed by atoms with Gasteiger partial charge in [-0.1, -0.05) is 0 Å². The Bertz CT molecular complexity index is 1500. The van der Waals surface area contributed by atoms with E-state index in [1.165, 1.54) is 0 Å². The molecule has 0 unspecified atom stereocenters. The largest absolute Gasteiger partial charge is 0.508 e. The average Bonchev–Trinajstić information content (AvgIpc) is 2.73. The molecule has 0 heterocycles. The molecule has 8 N–H and O–H groups in total. The first-order valence-electron chi connectivity index (χ1n) is 9.37. The third kappa shape index (κ3) is 5.63. The lowest BCUT2D eigenvalue weighted by Crippen LogP contribution is -2.16. The summed E-state index contributed by atoms with van der Waals surface area (Å²) in [6, 6.07) is 6.80. The van der Waals surface area contributed by atoms with Gasteiger partial charge in [0.05, 0.1) is 11.1 Å². The number of hydrogen-bond acceptors (Lipinski definition) is 10. The van der Waals surface area contributed by atoms with Crippen LogP contribution in [0, 0.1) is 0 Å². The van der Waals surface area contributed by atoms with Crippen molar-refractivity contribution in [1.29, 1.82) is 0 Å². The number of benzene rings is 3. The van der Waals surface area contributed by atoms with E-state index in [0.29, 0.717) is 0 Å². The highest BCUT2D eigenvalue weighted by molar-refractivity contribution is 7.86. The average molecular weight is 540 g/mol. The molecule has 3 rings (SSSR count). The second-order valence-corrected chi connectivity index (χ2v) is 9.89. The highest BCUT2D eigenvalue weighted by Gasteiger charge is 2.23. The van der Waals surface area contributed by atoms with Gasteiger partial charge in [0.2, 0.25) is 0 Å². The summed E-state index contributed by atoms with van der Waals surface area (Å²) in [5.41, 5.74) is -1.56. The first kappa shape index (κ1) is 26.2. The summed E-state index contributed by atoms with van der Waals surface area (Å²) in [4.78, 5) is 23.6. The quantitative estimate of drug-likeness (QED) is 0.164. The summed E-state index contributed by atoms with van der Waals surface area (Å²) < 4.78 is 62.7. The molecule has 0 aliphatic rings. The summed E-state index contributed by atoms with van der Waals surface area (Å²) >= 11 is 0. The first-order valence-corrected chi connectivity index (χ1v) is 12.3. The second kappa shape index (κ2) is 9.34. The minimum Gasteiger partial charge on any atom is -0.508 e. The fraction of sp³-hybridized carbons (Fsp3) is 0. The molecule has 3 aromatic rings. The third-order valence-corrected chi connectivity index (χ3v) is 6.38. The van der Waals surface area contributed by atoms with Crippen LogP contribution in [0.4, 0.5) is 11.4 Å². The Labute approximate surface area is 202 Å². The molecule has 0 fully saturated rings. The van der Waals surface area contributed by atoms with E-state index in [4.69, 9.17) is 9.11 Å². The molecule has 16 heteroatoms. The summed E-state index contributed by atoms with van der Waals surface area (Å²) in [6.45, 7) is 0. The molecular formula is C20H16N2O12S2. The van der Waals surface area contributed by atoms with Gasteiger partial charge >= 0.3 is 0 Å². The van der Waals surface area contributed by atoms with Crippen LogP contribution in [-0.2, 0) is 20.2 Å². The van der Waals surface area contributed by atoms with E-state index in [9.17, 15) is 46.9 Å². The molecule has 0 saturated carbocycles. The van der Waals surface area contributed by atoms with Crippen molar-refractivity contribution in [3.8, 4) is 23.0 Å². The van der Waals surface area contributed by atoms with Crippen LogP contribution >= 0.6 is 0 Å². The van der Waals surface area contributed by atoms with Crippen LogP contribution in [-0.4, -0.2) is 58.2 Å². The second-order valence-electron chi connectivity index (χ2n) is 7.11. The van der Waals surface area contributed by atoms with Gasteiger partial charge < -0.3 is 31.1 Å². The lowest BCUT2D eigenvalue weighted by atomic mass is 10.1. The molecule has 36 heavy (non-hydrogen) atoms. The van der Waals surface area contributed by atoms with Gasteiger partial charge in [0.15, 0.2) is 0 Å². The number of phenolic OH excluding ortho intramolecular Hbond substituents is 4. The number of hydrogen-bond donors (Lipinski definition) is 8. The van der Waals surface area contributed by atoms with E-state index in [1.807, 2.05) is 0 Å². The first-order chi connectivity index (χ1) is 16.6. The number of aromatic hydroxyl groups is 4. The van der Waals surface area contributed by atoms with Gasteiger partial charge in [0.25, 0.3) is 32.1 Å². The van der Waals surface area contributed by atoms with E-state index in [2.05, 4.69) is 10.6 Å². The van der Waals surface area contributed by atoms with Gasteiger partial charge in [-0.05, 0) is 36.4 Å². The van der Waals surface area contributed by atoms with Gasteiger partial charge in [-0.2, -0.15) is 16.8 Å². The van der Waals surface area contributed by atoms with E-state index in [-0.39, 0.29) is 11.4 Å². The summed E-state index contributed by atoms with van der Waals surface area (Å²) in [5, 5.41) is 44.3. The lowest BCUT2D eigenvalue weighted by Gasteiger charge is -2.13. The molecule has 0 saturated heterocycles. The smallest absolute Gasteiger partial charge is 0.298 e. The monoisotopic (exact) mass is 540 g/mol. The molecule has 0 aromatic heterocycles. The molecule has 0 atom stereocenters. The minimum atomic E-state index is -4.73. The van der Waals surface area contributed by atoms with Crippen LogP contribution in [0.2, 0.25) is 0 Å². The van der Waals surface area contributed by atoms with E-state index >= 15 is 0 Å². The summed E-state index contributed by atoms with van der Waals surface area (Å²) in [5.74, 6) is -5.49. The van der Waals surface area contributed by atoms with Crippen LogP contribution in [0.3, 0.4) is 0 Å². The number of carbonyl (C=O) groups is 2. The zero-order valence-electron chi connectivity index (χ0n) is 17.6. The van der Waals surface area contributed by atoms with Crippen molar-refractivity contribution in [1.82, 2.24) is 0 Å². The number of carbonyl (C=O) groups excluding carboxylic acids is 2. The van der Waals surface area contributed by atoms with Gasteiger partial charge in [-0.15, -0.1) is 0 Å². The molecule has 14 nitrogen and oxygen atoms in total. The van der Waals surface area contributed by atoms with Crippen LogP contribution in [0.25, 0.3) is 0 Å². The Morgan fingerprint density at radius 3 is 1.28 bits per heavy atom. The molecule has 0 aliphatic carbocycles. The molecule has 3 aromatic carbocycles. The van der Waals surface area contributed by atoms with Crippen molar-refractivity contribution in [3.05, 3.63) is 59.7 Å². The summed E-state index contributed by atoms with van der Waals surface area (Å²) in [6.07, 6.45) is 0. The molecule has 2 amide bonds. The number of nitrogens with one attached hydrogen (secondary N) is 2. The van der Waals surface area contributed by atoms with Gasteiger partial charge in [-0.3, -0.25) is 18.7 Å². The van der Waals surface area contributed by atoms with E-state index < -0.39 is 76.0 Å². The molecule has 190 valence electrons.